The summed E-state index contributed by atoms with van der Waals surface area (Å²) in [6.45, 7) is 0. The van der Waals surface area contributed by atoms with Crippen LogP contribution < -0.4 is 0 Å². The lowest BCUT2D eigenvalue weighted by Gasteiger charge is -2.26. The standard InChI is InChI=1S/C7H4Br5Cl/c8-3-2(1-13)4(9)6(11)7(12)5(3)10/h3,5H,1H2. The Hall–Kier alpha value is 2.17. The zero-order valence-corrected chi connectivity index (χ0v) is 14.8. The van der Waals surface area contributed by atoms with Gasteiger partial charge in [-0.3, -0.25) is 0 Å². The van der Waals surface area contributed by atoms with Crippen LogP contribution >= 0.6 is 91.3 Å². The summed E-state index contributed by atoms with van der Waals surface area (Å²) < 4.78 is 3.11. The average Bonchev–Trinajstić information content (AvgIpc) is 2.13. The molecule has 0 saturated carbocycles. The van der Waals surface area contributed by atoms with Gasteiger partial charge < -0.3 is 0 Å². The van der Waals surface area contributed by atoms with Crippen LogP contribution in [0.4, 0.5) is 0 Å². The first-order valence-electron chi connectivity index (χ1n) is 3.28. The highest BCUT2D eigenvalue weighted by Gasteiger charge is 2.31. The van der Waals surface area contributed by atoms with Crippen LogP contribution in [0.2, 0.25) is 0 Å². The van der Waals surface area contributed by atoms with Crippen molar-refractivity contribution in [2.45, 2.75) is 9.65 Å². The molecular formula is C7H4Br5Cl. The fourth-order valence-corrected chi connectivity index (χ4v) is 5.58. The van der Waals surface area contributed by atoms with E-state index >= 15 is 0 Å². The number of hydrogen-bond donors (Lipinski definition) is 0. The number of rotatable bonds is 1. The zero-order valence-electron chi connectivity index (χ0n) is 6.13. The fourth-order valence-electron chi connectivity index (χ4n) is 0.925. The molecule has 2 atom stereocenters. The summed E-state index contributed by atoms with van der Waals surface area (Å²) in [5, 5.41) is 0. The van der Waals surface area contributed by atoms with Crippen LogP contribution in [0.3, 0.4) is 0 Å². The van der Waals surface area contributed by atoms with Crippen molar-refractivity contribution in [3.8, 4) is 0 Å². The van der Waals surface area contributed by atoms with Gasteiger partial charge in [-0.2, -0.15) is 0 Å². The Morgan fingerprint density at radius 3 is 2.00 bits per heavy atom. The third kappa shape index (κ3) is 2.64. The molecule has 0 heterocycles. The molecule has 0 radical (unpaired) electrons. The molecule has 0 aromatic carbocycles. The molecule has 0 aliphatic heterocycles. The quantitative estimate of drug-likeness (QED) is 0.404. The summed E-state index contributed by atoms with van der Waals surface area (Å²) in [7, 11) is 0. The summed E-state index contributed by atoms with van der Waals surface area (Å²) >= 11 is 23.5. The molecule has 2 unspecified atom stereocenters. The maximum absolute atomic E-state index is 5.85. The first-order valence-corrected chi connectivity index (χ1v) is 8.03. The zero-order chi connectivity index (χ0) is 10.2. The van der Waals surface area contributed by atoms with Gasteiger partial charge in [-0.25, -0.2) is 0 Å². The minimum Gasteiger partial charge on any atom is -0.122 e. The van der Waals surface area contributed by atoms with Gasteiger partial charge in [-0.05, 0) is 37.4 Å². The lowest BCUT2D eigenvalue weighted by Crippen LogP contribution is -2.23. The summed E-state index contributed by atoms with van der Waals surface area (Å²) in [5.74, 6) is 0.508. The van der Waals surface area contributed by atoms with Gasteiger partial charge in [-0.1, -0.05) is 47.8 Å². The van der Waals surface area contributed by atoms with E-state index in [9.17, 15) is 0 Å². The van der Waals surface area contributed by atoms with Gasteiger partial charge in [0.1, 0.15) is 0 Å². The van der Waals surface area contributed by atoms with Crippen LogP contribution in [0.5, 0.6) is 0 Å². The van der Waals surface area contributed by atoms with E-state index in [1.807, 2.05) is 0 Å². The van der Waals surface area contributed by atoms with Crippen molar-refractivity contribution in [1.82, 2.24) is 0 Å². The molecule has 0 nitrogen and oxygen atoms in total. The van der Waals surface area contributed by atoms with Crippen molar-refractivity contribution in [3.63, 3.8) is 0 Å². The first kappa shape index (κ1) is 13.2. The van der Waals surface area contributed by atoms with E-state index in [-0.39, 0.29) is 9.65 Å². The second-order valence-corrected chi connectivity index (χ2v) is 7.12. The number of allylic oxidation sites excluding steroid dienone is 4. The SMILES string of the molecule is ClCC1=C(Br)C(Br)=C(Br)C(Br)C1Br. The second kappa shape index (κ2) is 5.48. The molecule has 13 heavy (non-hydrogen) atoms. The van der Waals surface area contributed by atoms with E-state index in [0.29, 0.717) is 5.88 Å². The Morgan fingerprint density at radius 1 is 1.00 bits per heavy atom. The first-order chi connectivity index (χ1) is 6.00. The summed E-state index contributed by atoms with van der Waals surface area (Å²) in [5.41, 5.74) is 1.14. The minimum atomic E-state index is 0.218. The van der Waals surface area contributed by atoms with E-state index in [1.54, 1.807) is 0 Å². The van der Waals surface area contributed by atoms with Gasteiger partial charge in [-0.15, -0.1) is 11.6 Å². The highest BCUT2D eigenvalue weighted by molar-refractivity contribution is 9.17. The van der Waals surface area contributed by atoms with Crippen molar-refractivity contribution in [2.75, 3.05) is 5.88 Å². The van der Waals surface area contributed by atoms with Crippen molar-refractivity contribution in [3.05, 3.63) is 19.0 Å². The molecule has 74 valence electrons. The van der Waals surface area contributed by atoms with Gasteiger partial charge in [0.05, 0.1) is 9.65 Å². The molecule has 0 fully saturated rings. The van der Waals surface area contributed by atoms with Crippen molar-refractivity contribution in [2.24, 2.45) is 0 Å². The molecule has 6 heteroatoms. The monoisotopic (exact) mass is 518 g/mol. The average molecular weight is 523 g/mol. The molecule has 1 rings (SSSR count). The normalized spacial score (nSPS) is 30.0. The van der Waals surface area contributed by atoms with Crippen LogP contribution in [0, 0.1) is 0 Å². The summed E-state index contributed by atoms with van der Waals surface area (Å²) in [6, 6.07) is 0. The van der Waals surface area contributed by atoms with Gasteiger partial charge in [0.25, 0.3) is 0 Å². The van der Waals surface area contributed by atoms with Crippen molar-refractivity contribution >= 4 is 91.3 Å². The highest BCUT2D eigenvalue weighted by Crippen LogP contribution is 2.45. The molecule has 0 bridgehead atoms. The lowest BCUT2D eigenvalue weighted by molar-refractivity contribution is 1.02. The van der Waals surface area contributed by atoms with Gasteiger partial charge in [0.15, 0.2) is 0 Å². The molecule has 0 spiro atoms. The van der Waals surface area contributed by atoms with Gasteiger partial charge >= 0.3 is 0 Å². The minimum absolute atomic E-state index is 0.218. The van der Waals surface area contributed by atoms with Crippen molar-refractivity contribution in [1.29, 1.82) is 0 Å². The van der Waals surface area contributed by atoms with Crippen molar-refractivity contribution < 1.29 is 0 Å². The van der Waals surface area contributed by atoms with E-state index in [2.05, 4.69) is 79.6 Å². The van der Waals surface area contributed by atoms with Crippen LogP contribution in [0.1, 0.15) is 0 Å². The van der Waals surface area contributed by atoms with Crippen LogP contribution in [-0.2, 0) is 0 Å². The van der Waals surface area contributed by atoms with E-state index in [0.717, 1.165) is 19.0 Å². The Balaban J connectivity index is 3.19. The van der Waals surface area contributed by atoms with Gasteiger partial charge in [0.2, 0.25) is 0 Å². The molecule has 1 aliphatic carbocycles. The second-order valence-electron chi connectivity index (χ2n) is 2.44. The number of halogens is 6. The summed E-state index contributed by atoms with van der Waals surface area (Å²) in [4.78, 5) is 0.437. The smallest absolute Gasteiger partial charge is 0.0636 e. The predicted molar refractivity (Wildman–Crippen MR) is 77.0 cm³/mol. The van der Waals surface area contributed by atoms with E-state index in [1.165, 1.54) is 0 Å². The maximum Gasteiger partial charge on any atom is 0.0636 e. The third-order valence-electron chi connectivity index (χ3n) is 1.66. The van der Waals surface area contributed by atoms with E-state index in [4.69, 9.17) is 11.6 Å². The fraction of sp³-hybridized carbons (Fsp3) is 0.429. The molecule has 0 saturated heterocycles. The molecule has 0 aromatic heterocycles. The Labute approximate surface area is 124 Å². The molecule has 0 amide bonds. The van der Waals surface area contributed by atoms with Crippen LogP contribution in [0.15, 0.2) is 19.0 Å². The Bertz CT molecular complexity index is 283. The van der Waals surface area contributed by atoms with Crippen LogP contribution in [-0.4, -0.2) is 15.5 Å². The number of alkyl halides is 3. The molecular weight excluding hydrogens is 519 g/mol. The van der Waals surface area contributed by atoms with E-state index < -0.39 is 0 Å². The lowest BCUT2D eigenvalue weighted by atomic mass is 10.1. The third-order valence-corrected chi connectivity index (χ3v) is 9.02. The predicted octanol–water partition coefficient (Wildman–Crippen LogP) is 5.42. The maximum atomic E-state index is 5.85. The Morgan fingerprint density at radius 2 is 1.54 bits per heavy atom. The Kier molecular flexibility index (Phi) is 5.58. The molecule has 0 aromatic rings. The highest BCUT2D eigenvalue weighted by atomic mass is 79.9. The molecule has 1 aliphatic rings. The van der Waals surface area contributed by atoms with Crippen LogP contribution in [0.25, 0.3) is 0 Å². The topological polar surface area (TPSA) is 0 Å². The largest absolute Gasteiger partial charge is 0.122 e. The van der Waals surface area contributed by atoms with Gasteiger partial charge in [0, 0.05) is 19.3 Å². The number of hydrogen-bond acceptors (Lipinski definition) is 0. The molecule has 0 N–H and O–H groups in total. The summed E-state index contributed by atoms with van der Waals surface area (Å²) in [6.07, 6.45) is 0.